The van der Waals surface area contributed by atoms with Crippen molar-refractivity contribution in [1.29, 1.82) is 0 Å². The zero-order valence-electron chi connectivity index (χ0n) is 19.5. The highest BCUT2D eigenvalue weighted by Gasteiger charge is 2.39. The van der Waals surface area contributed by atoms with Crippen molar-refractivity contribution in [3.05, 3.63) is 0 Å². The molecule has 26 heavy (non-hydrogen) atoms. The lowest BCUT2D eigenvalue weighted by Gasteiger charge is -2.40. The fraction of sp³-hybridized carbons (Fsp3) is 1.00. The van der Waals surface area contributed by atoms with Gasteiger partial charge < -0.3 is 14.2 Å². The van der Waals surface area contributed by atoms with Crippen LogP contribution in [-0.4, -0.2) is 66.5 Å². The molecule has 0 aliphatic carbocycles. The highest BCUT2D eigenvalue weighted by molar-refractivity contribution is 6.73. The molecule has 0 saturated heterocycles. The Morgan fingerprint density at radius 2 is 1.35 bits per heavy atom. The van der Waals surface area contributed by atoms with E-state index in [1.54, 1.807) is 0 Å². The quantitative estimate of drug-likeness (QED) is 0.230. The van der Waals surface area contributed by atoms with E-state index in [0.717, 1.165) is 0 Å². The molecule has 0 aromatic carbocycles. The normalized spacial score (nSPS) is 15.0. The first-order chi connectivity index (χ1) is 12.2. The third-order valence-corrected chi connectivity index (χ3v) is 11.0. The summed E-state index contributed by atoms with van der Waals surface area (Å²) < 4.78 is 6.34. The third-order valence-electron chi connectivity index (χ3n) is 6.08. The Morgan fingerprint density at radius 3 is 1.73 bits per heavy atom. The maximum atomic E-state index is 6.34. The molecule has 0 amide bonds. The molecule has 0 radical (unpaired) electrons. The number of hydrogen-bond acceptors (Lipinski definition) is 3. The topological polar surface area (TPSA) is 15.7 Å². The Bertz CT molecular complexity index is 316. The molecule has 0 aromatic heterocycles. The zero-order valence-corrected chi connectivity index (χ0v) is 20.5. The van der Waals surface area contributed by atoms with Crippen molar-refractivity contribution >= 4 is 8.32 Å². The molecular weight excluding hydrogens is 336 g/mol. The Kier molecular flexibility index (Phi) is 14.2. The molecule has 0 heterocycles. The van der Waals surface area contributed by atoms with Crippen LogP contribution in [0.15, 0.2) is 0 Å². The number of nitrogens with zero attached hydrogens (tertiary/aromatic N) is 2. The van der Waals surface area contributed by atoms with E-state index in [0.29, 0.717) is 5.41 Å². The van der Waals surface area contributed by atoms with Gasteiger partial charge in [0, 0.05) is 7.11 Å². The summed E-state index contributed by atoms with van der Waals surface area (Å²) in [5, 5.41) is 0. The molecule has 0 rings (SSSR count). The maximum Gasteiger partial charge on any atom is 0.192 e. The standard InChI is InChI=1S/C22H50N2OSi/c1-9-11-12-13-20-26(10-2,25-8)21-22(3,16-14-18-23(4)5)17-15-19-24(6)7/h9-21H2,1-8H3. The van der Waals surface area contributed by atoms with Gasteiger partial charge in [-0.3, -0.25) is 0 Å². The van der Waals surface area contributed by atoms with Gasteiger partial charge in [-0.05, 0) is 90.5 Å². The van der Waals surface area contributed by atoms with E-state index in [-0.39, 0.29) is 0 Å². The molecule has 0 aliphatic heterocycles. The van der Waals surface area contributed by atoms with E-state index in [1.165, 1.54) is 82.6 Å². The minimum absolute atomic E-state index is 0.440. The molecule has 3 nitrogen and oxygen atoms in total. The largest absolute Gasteiger partial charge is 0.420 e. The Balaban J connectivity index is 4.96. The lowest BCUT2D eigenvalue weighted by molar-refractivity contribution is 0.239. The van der Waals surface area contributed by atoms with Crippen LogP contribution in [0.3, 0.4) is 0 Å². The van der Waals surface area contributed by atoms with Crippen LogP contribution in [0.2, 0.25) is 18.1 Å². The first kappa shape index (κ1) is 26.1. The first-order valence-electron chi connectivity index (χ1n) is 11.1. The Hall–Kier alpha value is 0.0969. The average Bonchev–Trinajstić information content (AvgIpc) is 2.57. The highest BCUT2D eigenvalue weighted by Crippen LogP contribution is 2.41. The Labute approximate surface area is 167 Å². The van der Waals surface area contributed by atoms with E-state index in [9.17, 15) is 0 Å². The third kappa shape index (κ3) is 11.7. The minimum atomic E-state index is -1.61. The van der Waals surface area contributed by atoms with Gasteiger partial charge in [-0.25, -0.2) is 0 Å². The average molecular weight is 387 g/mol. The molecule has 1 atom stereocenters. The number of rotatable bonds is 17. The molecule has 0 aliphatic rings. The van der Waals surface area contributed by atoms with Gasteiger partial charge >= 0.3 is 0 Å². The molecular formula is C22H50N2OSi. The van der Waals surface area contributed by atoms with Gasteiger partial charge in [-0.1, -0.05) is 46.5 Å². The second kappa shape index (κ2) is 14.1. The fourth-order valence-corrected chi connectivity index (χ4v) is 8.53. The second-order valence-corrected chi connectivity index (χ2v) is 13.7. The van der Waals surface area contributed by atoms with Gasteiger partial charge in [-0.2, -0.15) is 0 Å². The summed E-state index contributed by atoms with van der Waals surface area (Å²) in [5.74, 6) is 0. The summed E-state index contributed by atoms with van der Waals surface area (Å²) in [7, 11) is 9.17. The van der Waals surface area contributed by atoms with Crippen LogP contribution in [0.4, 0.5) is 0 Å². The van der Waals surface area contributed by atoms with Crippen LogP contribution in [0.1, 0.15) is 72.1 Å². The maximum absolute atomic E-state index is 6.34. The molecule has 0 aromatic rings. The minimum Gasteiger partial charge on any atom is -0.420 e. The number of hydrogen-bond donors (Lipinski definition) is 0. The second-order valence-electron chi connectivity index (χ2n) is 9.35. The molecule has 0 saturated carbocycles. The summed E-state index contributed by atoms with van der Waals surface area (Å²) in [6.07, 6.45) is 10.7. The summed E-state index contributed by atoms with van der Waals surface area (Å²) >= 11 is 0. The number of unbranched alkanes of at least 4 members (excludes halogenated alkanes) is 3. The lowest BCUT2D eigenvalue weighted by Crippen LogP contribution is -2.42. The fourth-order valence-electron chi connectivity index (χ4n) is 4.31. The smallest absolute Gasteiger partial charge is 0.192 e. The molecule has 0 fully saturated rings. The molecule has 158 valence electrons. The Morgan fingerprint density at radius 1 is 0.808 bits per heavy atom. The molecule has 0 spiro atoms. The van der Waals surface area contributed by atoms with Gasteiger partial charge in [0.1, 0.15) is 0 Å². The molecule has 1 unspecified atom stereocenters. The van der Waals surface area contributed by atoms with Crippen LogP contribution >= 0.6 is 0 Å². The molecule has 0 N–H and O–H groups in total. The SMILES string of the molecule is CCCCCC[Si](CC)(CC(C)(CCCN(C)C)CCCN(C)C)OC. The molecule has 0 bridgehead atoms. The van der Waals surface area contributed by atoms with E-state index >= 15 is 0 Å². The van der Waals surface area contributed by atoms with Crippen molar-refractivity contribution in [2.45, 2.75) is 90.3 Å². The van der Waals surface area contributed by atoms with Gasteiger partial charge in [0.05, 0.1) is 0 Å². The van der Waals surface area contributed by atoms with Crippen molar-refractivity contribution in [2.24, 2.45) is 5.41 Å². The summed E-state index contributed by atoms with van der Waals surface area (Å²) in [6, 6.07) is 3.98. The van der Waals surface area contributed by atoms with Crippen molar-refractivity contribution in [3.63, 3.8) is 0 Å². The molecule has 4 heteroatoms. The summed E-state index contributed by atoms with van der Waals surface area (Å²) in [4.78, 5) is 4.65. The van der Waals surface area contributed by atoms with Crippen LogP contribution < -0.4 is 0 Å². The first-order valence-corrected chi connectivity index (χ1v) is 13.6. The monoisotopic (exact) mass is 386 g/mol. The van der Waals surface area contributed by atoms with Crippen molar-refractivity contribution in [2.75, 3.05) is 48.4 Å². The van der Waals surface area contributed by atoms with Crippen molar-refractivity contribution in [1.82, 2.24) is 9.80 Å². The van der Waals surface area contributed by atoms with Crippen LogP contribution in [-0.2, 0) is 4.43 Å². The zero-order chi connectivity index (χ0) is 20.1. The predicted octanol–water partition coefficient (Wildman–Crippen LogP) is 5.87. The van der Waals surface area contributed by atoms with E-state index in [2.05, 4.69) is 58.8 Å². The van der Waals surface area contributed by atoms with E-state index in [4.69, 9.17) is 4.43 Å². The summed E-state index contributed by atoms with van der Waals surface area (Å²) in [5.41, 5.74) is 0.440. The van der Waals surface area contributed by atoms with Gasteiger partial charge in [0.2, 0.25) is 0 Å². The van der Waals surface area contributed by atoms with Gasteiger partial charge in [-0.15, -0.1) is 0 Å². The van der Waals surface area contributed by atoms with Gasteiger partial charge in [0.15, 0.2) is 8.32 Å². The van der Waals surface area contributed by atoms with Crippen LogP contribution in [0.5, 0.6) is 0 Å². The highest BCUT2D eigenvalue weighted by atomic mass is 28.4. The van der Waals surface area contributed by atoms with Crippen LogP contribution in [0.25, 0.3) is 0 Å². The lowest BCUT2D eigenvalue weighted by atomic mass is 9.82. The van der Waals surface area contributed by atoms with Crippen molar-refractivity contribution in [3.8, 4) is 0 Å². The predicted molar refractivity (Wildman–Crippen MR) is 121 cm³/mol. The summed E-state index contributed by atoms with van der Waals surface area (Å²) in [6.45, 7) is 9.64. The van der Waals surface area contributed by atoms with Crippen LogP contribution in [0, 0.1) is 5.41 Å². The van der Waals surface area contributed by atoms with Crippen molar-refractivity contribution < 1.29 is 4.43 Å². The van der Waals surface area contributed by atoms with E-state index in [1.807, 2.05) is 7.11 Å². The van der Waals surface area contributed by atoms with Gasteiger partial charge in [0.25, 0.3) is 0 Å². The van der Waals surface area contributed by atoms with E-state index < -0.39 is 8.32 Å².